The van der Waals surface area contributed by atoms with Gasteiger partial charge in [0.15, 0.2) is 0 Å². The number of allylic oxidation sites excluding steroid dienone is 1. The molecular weight excluding hydrogens is 216 g/mol. The molecule has 3 heteroatoms. The highest BCUT2D eigenvalue weighted by molar-refractivity contribution is 5.77. The lowest BCUT2D eigenvalue weighted by atomic mass is 9.84. The van der Waals surface area contributed by atoms with Crippen LogP contribution in [0.5, 0.6) is 0 Å². The van der Waals surface area contributed by atoms with E-state index in [0.29, 0.717) is 18.8 Å². The van der Waals surface area contributed by atoms with Gasteiger partial charge in [-0.1, -0.05) is 20.4 Å². The van der Waals surface area contributed by atoms with Gasteiger partial charge in [-0.25, -0.2) is 0 Å². The fraction of sp³-hybridized carbons (Fsp3) is 0.786. The molecule has 0 aromatic heterocycles. The van der Waals surface area contributed by atoms with Gasteiger partial charge in [0.25, 0.3) is 0 Å². The molecule has 0 N–H and O–H groups in total. The van der Waals surface area contributed by atoms with Gasteiger partial charge >= 0.3 is 5.97 Å². The first kappa shape index (κ1) is 16.2. The van der Waals surface area contributed by atoms with E-state index in [2.05, 4.69) is 13.5 Å². The second-order valence-electron chi connectivity index (χ2n) is 4.85. The second-order valence-corrected chi connectivity index (χ2v) is 4.85. The lowest BCUT2D eigenvalue weighted by Crippen LogP contribution is -2.30. The van der Waals surface area contributed by atoms with Crippen molar-refractivity contribution in [2.45, 2.75) is 60.0 Å². The van der Waals surface area contributed by atoms with Crippen LogP contribution in [0.2, 0.25) is 0 Å². The number of esters is 1. The van der Waals surface area contributed by atoms with Gasteiger partial charge in [0.05, 0.1) is 17.3 Å². The summed E-state index contributed by atoms with van der Waals surface area (Å²) in [5.74, 6) is 0.234. The average Bonchev–Trinajstić information content (AvgIpc) is 2.27. The van der Waals surface area contributed by atoms with E-state index in [-0.39, 0.29) is 12.1 Å². The first-order valence-electron chi connectivity index (χ1n) is 6.35. The molecule has 100 valence electrons. The van der Waals surface area contributed by atoms with Gasteiger partial charge in [0.2, 0.25) is 0 Å². The van der Waals surface area contributed by atoms with Gasteiger partial charge in [-0.05, 0) is 40.0 Å². The Morgan fingerprint density at radius 1 is 1.41 bits per heavy atom. The van der Waals surface area contributed by atoms with Gasteiger partial charge in [-0.2, -0.15) is 0 Å². The third-order valence-electron chi connectivity index (χ3n) is 3.17. The molecule has 2 unspecified atom stereocenters. The zero-order valence-corrected chi connectivity index (χ0v) is 11.8. The van der Waals surface area contributed by atoms with Crippen LogP contribution in [0, 0.1) is 5.41 Å². The Morgan fingerprint density at radius 3 is 2.41 bits per heavy atom. The highest BCUT2D eigenvalue weighted by atomic mass is 16.5. The molecule has 0 bridgehead atoms. The number of hydrogen-bond acceptors (Lipinski definition) is 3. The van der Waals surface area contributed by atoms with Crippen molar-refractivity contribution < 1.29 is 14.3 Å². The van der Waals surface area contributed by atoms with Crippen molar-refractivity contribution in [3.8, 4) is 0 Å². The number of ether oxygens (including phenoxy) is 2. The maximum atomic E-state index is 11.9. The van der Waals surface area contributed by atoms with E-state index in [0.717, 1.165) is 12.8 Å². The summed E-state index contributed by atoms with van der Waals surface area (Å²) in [4.78, 5) is 11.9. The van der Waals surface area contributed by atoms with E-state index in [1.54, 1.807) is 6.92 Å². The summed E-state index contributed by atoms with van der Waals surface area (Å²) < 4.78 is 10.7. The highest BCUT2D eigenvalue weighted by Gasteiger charge is 2.33. The summed E-state index contributed by atoms with van der Waals surface area (Å²) in [6.45, 7) is 13.9. The van der Waals surface area contributed by atoms with Crippen LogP contribution in [-0.4, -0.2) is 18.7 Å². The van der Waals surface area contributed by atoms with Gasteiger partial charge in [-0.15, -0.1) is 0 Å². The van der Waals surface area contributed by atoms with Crippen LogP contribution >= 0.6 is 0 Å². The summed E-state index contributed by atoms with van der Waals surface area (Å²) in [7, 11) is 0. The minimum atomic E-state index is -0.480. The molecule has 0 heterocycles. The summed E-state index contributed by atoms with van der Waals surface area (Å²) in [5.41, 5.74) is -0.480. The molecule has 0 aliphatic heterocycles. The molecule has 0 aliphatic rings. The Kier molecular flexibility index (Phi) is 7.12. The van der Waals surface area contributed by atoms with Crippen molar-refractivity contribution in [3.63, 3.8) is 0 Å². The molecule has 0 aromatic rings. The normalized spacial score (nSPS) is 16.1. The van der Waals surface area contributed by atoms with Crippen molar-refractivity contribution in [3.05, 3.63) is 12.3 Å². The molecule has 0 aromatic carbocycles. The van der Waals surface area contributed by atoms with Gasteiger partial charge in [-0.3, -0.25) is 4.79 Å². The lowest BCUT2D eigenvalue weighted by Gasteiger charge is -2.26. The minimum absolute atomic E-state index is 0.208. The zero-order valence-electron chi connectivity index (χ0n) is 11.8. The summed E-state index contributed by atoms with van der Waals surface area (Å²) in [5, 5.41) is 0. The molecule has 0 radical (unpaired) electrons. The highest BCUT2D eigenvalue weighted by Crippen LogP contribution is 2.28. The topological polar surface area (TPSA) is 35.5 Å². The smallest absolute Gasteiger partial charge is 0.316 e. The summed E-state index contributed by atoms with van der Waals surface area (Å²) in [6.07, 6.45) is 2.65. The zero-order chi connectivity index (χ0) is 13.5. The Bertz CT molecular complexity index is 260. The van der Waals surface area contributed by atoms with E-state index < -0.39 is 5.41 Å². The van der Waals surface area contributed by atoms with Gasteiger partial charge < -0.3 is 9.47 Å². The van der Waals surface area contributed by atoms with Crippen LogP contribution < -0.4 is 0 Å². The second kappa shape index (κ2) is 7.49. The molecule has 0 amide bonds. The molecule has 3 nitrogen and oxygen atoms in total. The van der Waals surface area contributed by atoms with Crippen molar-refractivity contribution in [2.24, 2.45) is 5.41 Å². The van der Waals surface area contributed by atoms with E-state index in [1.807, 2.05) is 20.8 Å². The fourth-order valence-electron chi connectivity index (χ4n) is 1.31. The Balaban J connectivity index is 4.27. The van der Waals surface area contributed by atoms with Crippen LogP contribution in [0.4, 0.5) is 0 Å². The molecule has 0 rings (SSSR count). The van der Waals surface area contributed by atoms with E-state index in [9.17, 15) is 4.79 Å². The third kappa shape index (κ3) is 5.87. The molecule has 2 atom stereocenters. The van der Waals surface area contributed by atoms with Crippen molar-refractivity contribution in [2.75, 3.05) is 6.61 Å². The predicted octanol–water partition coefficient (Wildman–Crippen LogP) is 3.68. The predicted molar refractivity (Wildman–Crippen MR) is 69.6 cm³/mol. The van der Waals surface area contributed by atoms with Crippen LogP contribution in [0.15, 0.2) is 12.3 Å². The van der Waals surface area contributed by atoms with E-state index >= 15 is 0 Å². The largest absolute Gasteiger partial charge is 0.432 e. The first-order valence-corrected chi connectivity index (χ1v) is 6.35. The maximum Gasteiger partial charge on any atom is 0.316 e. The molecule has 0 aliphatic carbocycles. The first-order chi connectivity index (χ1) is 7.85. The molecular formula is C14H26O3. The molecule has 0 spiro atoms. The minimum Gasteiger partial charge on any atom is -0.432 e. The number of hydrogen-bond donors (Lipinski definition) is 0. The number of rotatable bonds is 8. The SMILES string of the molecule is C=C(C)OC(=O)C(C)(CC)CCOC(C)CC. The Morgan fingerprint density at radius 2 is 2.00 bits per heavy atom. The number of carbonyl (C=O) groups excluding carboxylic acids is 1. The quantitative estimate of drug-likeness (QED) is 0.481. The van der Waals surface area contributed by atoms with Crippen molar-refractivity contribution in [1.29, 1.82) is 0 Å². The Hall–Kier alpha value is -0.830. The van der Waals surface area contributed by atoms with Crippen LogP contribution in [0.25, 0.3) is 0 Å². The summed E-state index contributed by atoms with van der Waals surface area (Å²) in [6, 6.07) is 0. The van der Waals surface area contributed by atoms with Crippen molar-refractivity contribution >= 4 is 5.97 Å². The summed E-state index contributed by atoms with van der Waals surface area (Å²) >= 11 is 0. The van der Waals surface area contributed by atoms with Crippen LogP contribution in [0.3, 0.4) is 0 Å². The average molecular weight is 242 g/mol. The van der Waals surface area contributed by atoms with E-state index in [4.69, 9.17) is 9.47 Å². The third-order valence-corrected chi connectivity index (χ3v) is 3.17. The van der Waals surface area contributed by atoms with Crippen LogP contribution in [-0.2, 0) is 14.3 Å². The molecule has 0 saturated carbocycles. The van der Waals surface area contributed by atoms with E-state index in [1.165, 1.54) is 0 Å². The van der Waals surface area contributed by atoms with Gasteiger partial charge in [0.1, 0.15) is 0 Å². The molecule has 0 saturated heterocycles. The fourth-order valence-corrected chi connectivity index (χ4v) is 1.31. The molecule has 0 fully saturated rings. The standard InChI is InChI=1S/C14H26O3/c1-7-12(5)16-10-9-14(6,8-2)13(15)17-11(3)4/h12H,3,7-10H2,1-2,4-6H3. The monoisotopic (exact) mass is 242 g/mol. The van der Waals surface area contributed by atoms with Crippen molar-refractivity contribution in [1.82, 2.24) is 0 Å². The van der Waals surface area contributed by atoms with Gasteiger partial charge in [0, 0.05) is 6.61 Å². The number of carbonyl (C=O) groups is 1. The van der Waals surface area contributed by atoms with Crippen LogP contribution in [0.1, 0.15) is 53.9 Å². The molecule has 17 heavy (non-hydrogen) atoms. The Labute approximate surface area is 105 Å². The lowest BCUT2D eigenvalue weighted by molar-refractivity contribution is -0.152. The maximum absolute atomic E-state index is 11.9.